The fraction of sp³-hybridized carbons (Fsp3) is 0.417. The van der Waals surface area contributed by atoms with Crippen LogP contribution in [0.3, 0.4) is 0 Å². The van der Waals surface area contributed by atoms with Gasteiger partial charge in [0.1, 0.15) is 4.87 Å². The topological polar surface area (TPSA) is 12.4 Å². The van der Waals surface area contributed by atoms with Gasteiger partial charge in [0.05, 0.1) is 0 Å². The van der Waals surface area contributed by atoms with Crippen LogP contribution in [0.2, 0.25) is 0 Å². The van der Waals surface area contributed by atoms with Gasteiger partial charge in [0.25, 0.3) is 0 Å². The van der Waals surface area contributed by atoms with Gasteiger partial charge in [-0.15, -0.1) is 0 Å². The largest absolute Gasteiger partial charge is 0.275 e. The Morgan fingerprint density at radius 3 is 2.64 bits per heavy atom. The summed E-state index contributed by atoms with van der Waals surface area (Å²) in [5.41, 5.74) is 4.02. The lowest BCUT2D eigenvalue weighted by molar-refractivity contribution is 0.759. The SMILES string of the molecule is Cc1ccc2c(c1C)SC(C)(C)N=C2. The van der Waals surface area contributed by atoms with Gasteiger partial charge < -0.3 is 0 Å². The second kappa shape index (κ2) is 3.13. The molecule has 0 amide bonds. The highest BCUT2D eigenvalue weighted by Crippen LogP contribution is 2.40. The van der Waals surface area contributed by atoms with Crippen LogP contribution in [0.5, 0.6) is 0 Å². The molecule has 0 aliphatic carbocycles. The summed E-state index contributed by atoms with van der Waals surface area (Å²) in [4.78, 5) is 5.90. The summed E-state index contributed by atoms with van der Waals surface area (Å²) in [5, 5.41) is 0. The first-order valence-corrected chi connectivity index (χ1v) is 5.66. The third-order valence-corrected chi connectivity index (χ3v) is 3.92. The van der Waals surface area contributed by atoms with Crippen molar-refractivity contribution in [1.82, 2.24) is 0 Å². The minimum Gasteiger partial charge on any atom is -0.275 e. The van der Waals surface area contributed by atoms with E-state index in [1.54, 1.807) is 0 Å². The first kappa shape index (κ1) is 9.78. The van der Waals surface area contributed by atoms with Gasteiger partial charge in [-0.25, -0.2) is 0 Å². The van der Waals surface area contributed by atoms with Crippen molar-refractivity contribution < 1.29 is 0 Å². The van der Waals surface area contributed by atoms with Crippen LogP contribution in [0.25, 0.3) is 0 Å². The standard InChI is InChI=1S/C12H15NS/c1-8-5-6-10-7-13-12(3,4)14-11(10)9(8)2/h5-7H,1-4H3. The number of fused-ring (bicyclic) bond motifs is 1. The molecule has 0 aromatic heterocycles. The van der Waals surface area contributed by atoms with Crippen molar-refractivity contribution in [3.05, 3.63) is 28.8 Å². The Bertz CT molecular complexity index is 405. The summed E-state index contributed by atoms with van der Waals surface area (Å²) in [7, 11) is 0. The highest BCUT2D eigenvalue weighted by Gasteiger charge is 2.24. The maximum absolute atomic E-state index is 4.51. The van der Waals surface area contributed by atoms with Gasteiger partial charge in [-0.3, -0.25) is 4.99 Å². The van der Waals surface area contributed by atoms with E-state index in [2.05, 4.69) is 44.8 Å². The highest BCUT2D eigenvalue weighted by atomic mass is 32.2. The second-order valence-corrected chi connectivity index (χ2v) is 5.84. The van der Waals surface area contributed by atoms with Gasteiger partial charge in [0.15, 0.2) is 0 Å². The lowest BCUT2D eigenvalue weighted by atomic mass is 10.1. The molecule has 1 heterocycles. The number of nitrogens with zero attached hydrogens (tertiary/aromatic N) is 1. The molecule has 0 atom stereocenters. The number of thioether (sulfide) groups is 1. The van der Waals surface area contributed by atoms with Crippen molar-refractivity contribution in [2.24, 2.45) is 4.99 Å². The minimum absolute atomic E-state index is 0.00838. The summed E-state index contributed by atoms with van der Waals surface area (Å²) in [5.74, 6) is 0. The number of hydrogen-bond donors (Lipinski definition) is 0. The van der Waals surface area contributed by atoms with Crippen LogP contribution in [0.4, 0.5) is 0 Å². The molecule has 0 N–H and O–H groups in total. The fourth-order valence-corrected chi connectivity index (χ4v) is 2.71. The average molecular weight is 205 g/mol. The van der Waals surface area contributed by atoms with E-state index in [1.165, 1.54) is 21.6 Å². The first-order chi connectivity index (χ1) is 6.49. The van der Waals surface area contributed by atoms with Gasteiger partial charge in [0, 0.05) is 16.7 Å². The molecule has 0 radical (unpaired) electrons. The van der Waals surface area contributed by atoms with Crippen molar-refractivity contribution in [2.45, 2.75) is 37.5 Å². The number of benzene rings is 1. The number of rotatable bonds is 0. The van der Waals surface area contributed by atoms with Crippen LogP contribution in [0.1, 0.15) is 30.5 Å². The van der Waals surface area contributed by atoms with Gasteiger partial charge in [-0.2, -0.15) is 0 Å². The third-order valence-electron chi connectivity index (χ3n) is 2.57. The molecule has 1 aromatic carbocycles. The van der Waals surface area contributed by atoms with Crippen molar-refractivity contribution in [3.63, 3.8) is 0 Å². The van der Waals surface area contributed by atoms with Crippen LogP contribution in [-0.4, -0.2) is 11.1 Å². The van der Waals surface area contributed by atoms with Gasteiger partial charge in [-0.1, -0.05) is 23.9 Å². The molecule has 1 aromatic rings. The molecular weight excluding hydrogens is 190 g/mol. The molecule has 0 fully saturated rings. The van der Waals surface area contributed by atoms with Gasteiger partial charge in [0.2, 0.25) is 0 Å². The average Bonchev–Trinajstić information content (AvgIpc) is 2.11. The summed E-state index contributed by atoms with van der Waals surface area (Å²) < 4.78 is 0. The Balaban J connectivity index is 2.58. The molecule has 0 unspecified atom stereocenters. The highest BCUT2D eigenvalue weighted by molar-refractivity contribution is 8.00. The molecule has 1 aliphatic heterocycles. The lowest BCUT2D eigenvalue weighted by Gasteiger charge is -2.26. The van der Waals surface area contributed by atoms with Crippen LogP contribution in [0, 0.1) is 13.8 Å². The quantitative estimate of drug-likeness (QED) is 0.631. The zero-order valence-electron chi connectivity index (χ0n) is 9.09. The van der Waals surface area contributed by atoms with E-state index in [0.29, 0.717) is 0 Å². The summed E-state index contributed by atoms with van der Waals surface area (Å²) >= 11 is 1.86. The van der Waals surface area contributed by atoms with E-state index in [4.69, 9.17) is 0 Å². The van der Waals surface area contributed by atoms with E-state index >= 15 is 0 Å². The normalized spacial score (nSPS) is 18.0. The maximum atomic E-state index is 4.51. The number of aryl methyl sites for hydroxylation is 1. The summed E-state index contributed by atoms with van der Waals surface area (Å²) in [6.07, 6.45) is 2.00. The fourth-order valence-electron chi connectivity index (χ4n) is 1.55. The lowest BCUT2D eigenvalue weighted by Crippen LogP contribution is -2.16. The van der Waals surface area contributed by atoms with Crippen LogP contribution in [-0.2, 0) is 0 Å². The van der Waals surface area contributed by atoms with Crippen molar-refractivity contribution in [3.8, 4) is 0 Å². The predicted octanol–water partition coefficient (Wildman–Crippen LogP) is 3.56. The molecule has 1 aliphatic rings. The molecule has 0 spiro atoms. The molecule has 0 bridgehead atoms. The van der Waals surface area contributed by atoms with Crippen LogP contribution >= 0.6 is 11.8 Å². The maximum Gasteiger partial charge on any atom is 0.105 e. The zero-order valence-corrected chi connectivity index (χ0v) is 9.90. The Labute approximate surface area is 89.6 Å². The Kier molecular flexibility index (Phi) is 2.18. The minimum atomic E-state index is -0.00838. The summed E-state index contributed by atoms with van der Waals surface area (Å²) in [6, 6.07) is 4.32. The van der Waals surface area contributed by atoms with E-state index in [1.807, 2.05) is 18.0 Å². The third kappa shape index (κ3) is 1.59. The molecule has 2 rings (SSSR count). The predicted molar refractivity (Wildman–Crippen MR) is 63.4 cm³/mol. The van der Waals surface area contributed by atoms with Gasteiger partial charge in [-0.05, 0) is 38.8 Å². The Hall–Kier alpha value is -0.760. The number of aliphatic imine (C=N–C) groups is 1. The van der Waals surface area contributed by atoms with Crippen LogP contribution in [0.15, 0.2) is 22.0 Å². The smallest absolute Gasteiger partial charge is 0.105 e. The zero-order chi connectivity index (χ0) is 10.3. The van der Waals surface area contributed by atoms with E-state index in [0.717, 1.165) is 0 Å². The Morgan fingerprint density at radius 1 is 1.21 bits per heavy atom. The second-order valence-electron chi connectivity index (χ2n) is 4.23. The summed E-state index contributed by atoms with van der Waals surface area (Å²) in [6.45, 7) is 8.66. The van der Waals surface area contributed by atoms with Gasteiger partial charge >= 0.3 is 0 Å². The van der Waals surface area contributed by atoms with E-state index in [-0.39, 0.29) is 4.87 Å². The van der Waals surface area contributed by atoms with Crippen molar-refractivity contribution in [1.29, 1.82) is 0 Å². The van der Waals surface area contributed by atoms with E-state index in [9.17, 15) is 0 Å². The molecular formula is C12H15NS. The van der Waals surface area contributed by atoms with Crippen LogP contribution < -0.4 is 0 Å². The molecule has 0 saturated heterocycles. The monoisotopic (exact) mass is 205 g/mol. The molecule has 1 nitrogen and oxygen atoms in total. The first-order valence-electron chi connectivity index (χ1n) is 4.84. The molecule has 74 valence electrons. The van der Waals surface area contributed by atoms with Crippen molar-refractivity contribution >= 4 is 18.0 Å². The van der Waals surface area contributed by atoms with Crippen molar-refractivity contribution in [2.75, 3.05) is 0 Å². The van der Waals surface area contributed by atoms with E-state index < -0.39 is 0 Å². The number of hydrogen-bond acceptors (Lipinski definition) is 2. The Morgan fingerprint density at radius 2 is 1.93 bits per heavy atom. The molecule has 0 saturated carbocycles. The molecule has 14 heavy (non-hydrogen) atoms. The molecule has 2 heteroatoms.